The number of rotatable bonds is 4. The summed E-state index contributed by atoms with van der Waals surface area (Å²) in [5.41, 5.74) is 12.4. The Kier molecular flexibility index (Phi) is 6.27. The van der Waals surface area contributed by atoms with Crippen molar-refractivity contribution in [1.82, 2.24) is 19.1 Å². The maximum Gasteiger partial charge on any atom is 0.160 e. The zero-order valence-electron chi connectivity index (χ0n) is 29.5. The van der Waals surface area contributed by atoms with E-state index in [2.05, 4.69) is 167 Å². The fourth-order valence-corrected chi connectivity index (χ4v) is 8.75. The molecule has 0 bridgehead atoms. The van der Waals surface area contributed by atoms with E-state index in [9.17, 15) is 0 Å². The summed E-state index contributed by atoms with van der Waals surface area (Å²) >= 11 is 0. The van der Waals surface area contributed by atoms with Crippen LogP contribution in [0.4, 0.5) is 0 Å². The Morgan fingerprint density at radius 3 is 1.84 bits per heavy atom. The van der Waals surface area contributed by atoms with Crippen LogP contribution < -0.4 is 0 Å². The van der Waals surface area contributed by atoms with Gasteiger partial charge in [0.2, 0.25) is 0 Å². The minimum atomic E-state index is 0.699. The zero-order valence-corrected chi connectivity index (χ0v) is 29.5. The van der Waals surface area contributed by atoms with Gasteiger partial charge < -0.3 is 13.6 Å². The van der Waals surface area contributed by atoms with E-state index in [0.29, 0.717) is 5.82 Å². The van der Waals surface area contributed by atoms with Crippen molar-refractivity contribution in [3.05, 3.63) is 182 Å². The number of nitrogens with zero attached hydrogens (tertiary/aromatic N) is 4. The number of fused-ring (bicyclic) bond motifs is 12. The first kappa shape index (κ1) is 30.0. The summed E-state index contributed by atoms with van der Waals surface area (Å²) in [5.74, 6) is 0.699. The largest absolute Gasteiger partial charge is 0.456 e. The summed E-state index contributed by atoms with van der Waals surface area (Å²) in [6.45, 7) is 0. The number of hydrogen-bond donors (Lipinski definition) is 0. The number of para-hydroxylation sites is 4. The van der Waals surface area contributed by atoms with E-state index >= 15 is 0 Å². The first-order valence-corrected chi connectivity index (χ1v) is 18.6. The maximum absolute atomic E-state index is 6.46. The molecule has 256 valence electrons. The van der Waals surface area contributed by atoms with Crippen LogP contribution >= 0.6 is 0 Å². The second-order valence-electron chi connectivity index (χ2n) is 14.1. The van der Waals surface area contributed by atoms with E-state index in [1.807, 2.05) is 24.3 Å². The lowest BCUT2D eigenvalue weighted by Gasteiger charge is -2.13. The first-order chi connectivity index (χ1) is 27.3. The molecule has 5 nitrogen and oxygen atoms in total. The van der Waals surface area contributed by atoms with Crippen LogP contribution in [-0.2, 0) is 0 Å². The number of hydrogen-bond acceptors (Lipinski definition) is 3. The summed E-state index contributed by atoms with van der Waals surface area (Å²) in [6, 6.07) is 64.1. The summed E-state index contributed by atoms with van der Waals surface area (Å²) in [4.78, 5) is 10.2. The van der Waals surface area contributed by atoms with Gasteiger partial charge >= 0.3 is 0 Å². The van der Waals surface area contributed by atoms with E-state index < -0.39 is 0 Å². The third-order valence-corrected chi connectivity index (χ3v) is 11.1. The van der Waals surface area contributed by atoms with Gasteiger partial charge in [0.1, 0.15) is 11.2 Å². The fraction of sp³-hybridized carbons (Fsp3) is 0. The highest BCUT2D eigenvalue weighted by Gasteiger charge is 2.24. The topological polar surface area (TPSA) is 48.8 Å². The second-order valence-corrected chi connectivity index (χ2v) is 14.1. The molecule has 12 aromatic rings. The van der Waals surface area contributed by atoms with Crippen LogP contribution in [0.2, 0.25) is 0 Å². The SMILES string of the molecule is c1ccc(-c2nc(-c3ccc(-n4c5ccc6oc7ccccc7c6c5c5ccc6c7ccccc7n(-c7ccccc7)c6c54)cc3)nc3ccccc23)cc1. The molecule has 4 heterocycles. The molecular weight excluding hydrogens is 673 g/mol. The van der Waals surface area contributed by atoms with Crippen molar-refractivity contribution >= 4 is 76.5 Å². The lowest BCUT2D eigenvalue weighted by molar-refractivity contribution is 0.669. The van der Waals surface area contributed by atoms with Crippen LogP contribution in [0.5, 0.6) is 0 Å². The van der Waals surface area contributed by atoms with E-state index in [-0.39, 0.29) is 0 Å². The average molecular weight is 703 g/mol. The minimum Gasteiger partial charge on any atom is -0.456 e. The van der Waals surface area contributed by atoms with Gasteiger partial charge in [-0.05, 0) is 66.7 Å². The zero-order chi connectivity index (χ0) is 36.0. The molecule has 0 aliphatic rings. The Labute approximate surface area is 315 Å². The van der Waals surface area contributed by atoms with E-state index in [4.69, 9.17) is 14.4 Å². The normalized spacial score (nSPS) is 12.0. The van der Waals surface area contributed by atoms with Gasteiger partial charge in [-0.1, -0.05) is 115 Å². The standard InChI is InChI=1S/C50H30N4O/c1-3-13-31(14-4-1)47-37-18-7-10-20-40(37)51-50(52-47)32-23-25-34(26-24-32)54-42-29-30-44-46(38-19-9-12-22-43(38)55-44)45(42)39-28-27-36-35-17-8-11-21-41(35)53(48(36)49(39)54)33-15-5-2-6-16-33/h1-30H. The molecule has 55 heavy (non-hydrogen) atoms. The summed E-state index contributed by atoms with van der Waals surface area (Å²) in [7, 11) is 0. The van der Waals surface area contributed by atoms with Gasteiger partial charge in [0.15, 0.2) is 5.82 Å². The molecule has 0 atom stereocenters. The summed E-state index contributed by atoms with van der Waals surface area (Å²) < 4.78 is 11.3. The smallest absolute Gasteiger partial charge is 0.160 e. The Morgan fingerprint density at radius 2 is 1.00 bits per heavy atom. The maximum atomic E-state index is 6.46. The second kappa shape index (κ2) is 11.5. The molecule has 0 aliphatic carbocycles. The number of benzene rings is 8. The van der Waals surface area contributed by atoms with Crippen LogP contribution in [0.15, 0.2) is 186 Å². The molecular formula is C50H30N4O. The Morgan fingerprint density at radius 1 is 0.364 bits per heavy atom. The molecule has 0 spiro atoms. The Hall–Kier alpha value is -7.50. The quantitative estimate of drug-likeness (QED) is 0.183. The van der Waals surface area contributed by atoms with Gasteiger partial charge in [0.25, 0.3) is 0 Å². The molecule has 5 heteroatoms. The molecule has 12 rings (SSSR count). The van der Waals surface area contributed by atoms with Gasteiger partial charge in [-0.3, -0.25) is 0 Å². The highest BCUT2D eigenvalue weighted by molar-refractivity contribution is 6.31. The van der Waals surface area contributed by atoms with Crippen molar-refractivity contribution in [1.29, 1.82) is 0 Å². The van der Waals surface area contributed by atoms with Crippen molar-refractivity contribution in [3.8, 4) is 34.0 Å². The highest BCUT2D eigenvalue weighted by atomic mass is 16.3. The molecule has 0 fully saturated rings. The van der Waals surface area contributed by atoms with Crippen LogP contribution in [0.1, 0.15) is 0 Å². The average Bonchev–Trinajstić information content (AvgIpc) is 3.91. The summed E-state index contributed by atoms with van der Waals surface area (Å²) in [6.07, 6.45) is 0. The van der Waals surface area contributed by atoms with Gasteiger partial charge in [-0.15, -0.1) is 0 Å². The lowest BCUT2D eigenvalue weighted by Crippen LogP contribution is -1.99. The van der Waals surface area contributed by atoms with Crippen molar-refractivity contribution in [2.45, 2.75) is 0 Å². The van der Waals surface area contributed by atoms with Gasteiger partial charge in [0.05, 0.1) is 33.3 Å². The van der Waals surface area contributed by atoms with Crippen molar-refractivity contribution in [2.24, 2.45) is 0 Å². The highest BCUT2D eigenvalue weighted by Crippen LogP contribution is 2.45. The number of aromatic nitrogens is 4. The first-order valence-electron chi connectivity index (χ1n) is 18.6. The van der Waals surface area contributed by atoms with Crippen molar-refractivity contribution in [2.75, 3.05) is 0 Å². The molecule has 0 unspecified atom stereocenters. The summed E-state index contributed by atoms with van der Waals surface area (Å²) in [5, 5.41) is 8.07. The van der Waals surface area contributed by atoms with Gasteiger partial charge in [-0.25, -0.2) is 9.97 Å². The molecule has 0 amide bonds. The molecule has 4 aromatic heterocycles. The fourth-order valence-electron chi connectivity index (χ4n) is 8.75. The Balaban J connectivity index is 1.17. The molecule has 0 saturated carbocycles. The van der Waals surface area contributed by atoms with Crippen LogP contribution in [-0.4, -0.2) is 19.1 Å². The van der Waals surface area contributed by atoms with Crippen LogP contribution in [0.25, 0.3) is 110 Å². The lowest BCUT2D eigenvalue weighted by atomic mass is 10.0. The van der Waals surface area contributed by atoms with E-state index in [0.717, 1.165) is 77.6 Å². The molecule has 0 radical (unpaired) electrons. The van der Waals surface area contributed by atoms with E-state index in [1.165, 1.54) is 27.1 Å². The van der Waals surface area contributed by atoms with Gasteiger partial charge in [-0.2, -0.15) is 0 Å². The molecule has 0 N–H and O–H groups in total. The van der Waals surface area contributed by atoms with E-state index in [1.54, 1.807) is 0 Å². The van der Waals surface area contributed by atoms with Crippen LogP contribution in [0.3, 0.4) is 0 Å². The van der Waals surface area contributed by atoms with Crippen LogP contribution in [0, 0.1) is 0 Å². The molecule has 0 aliphatic heterocycles. The predicted octanol–water partition coefficient (Wildman–Crippen LogP) is 13.1. The molecule has 8 aromatic carbocycles. The predicted molar refractivity (Wildman–Crippen MR) is 226 cm³/mol. The monoisotopic (exact) mass is 702 g/mol. The van der Waals surface area contributed by atoms with Crippen molar-refractivity contribution in [3.63, 3.8) is 0 Å². The third-order valence-electron chi connectivity index (χ3n) is 11.1. The van der Waals surface area contributed by atoms with Gasteiger partial charge in [0, 0.05) is 60.2 Å². The number of furan rings is 1. The Bertz CT molecular complexity index is 3470. The third kappa shape index (κ3) is 4.35. The minimum absolute atomic E-state index is 0.699. The molecule has 0 saturated heterocycles. The van der Waals surface area contributed by atoms with Crippen molar-refractivity contribution < 1.29 is 4.42 Å².